The molecule has 0 bridgehead atoms. The molecule has 2 rings (SSSR count). The molecular weight excluding hydrogens is 251 g/mol. The quantitative estimate of drug-likeness (QED) is 0.562. The summed E-state index contributed by atoms with van der Waals surface area (Å²) in [6.45, 7) is 1.74. The third-order valence-corrected chi connectivity index (χ3v) is 2.53. The molecule has 0 aromatic carbocycles. The molecule has 2 heterocycles. The van der Waals surface area contributed by atoms with Crippen molar-refractivity contribution in [1.82, 2.24) is 14.8 Å². The summed E-state index contributed by atoms with van der Waals surface area (Å²) in [4.78, 5) is 15.6. The van der Waals surface area contributed by atoms with E-state index in [2.05, 4.69) is 20.8 Å². The summed E-state index contributed by atoms with van der Waals surface area (Å²) in [5, 5.41) is 6.66. The number of nitrogens with two attached hydrogens (primary N) is 1. The van der Waals surface area contributed by atoms with Crippen LogP contribution in [0.1, 0.15) is 16.1 Å². The molecule has 0 aliphatic heterocycles. The van der Waals surface area contributed by atoms with E-state index in [1.54, 1.807) is 24.9 Å². The zero-order valence-corrected chi connectivity index (χ0v) is 10.4. The van der Waals surface area contributed by atoms with E-state index in [1.165, 1.54) is 12.3 Å². The summed E-state index contributed by atoms with van der Waals surface area (Å²) in [5.41, 5.74) is 3.10. The minimum Gasteiger partial charge on any atom is -0.319 e. The number of halogens is 1. The molecule has 8 heteroatoms. The van der Waals surface area contributed by atoms with Crippen molar-refractivity contribution in [3.05, 3.63) is 35.5 Å². The van der Waals surface area contributed by atoms with Crippen LogP contribution in [-0.2, 0) is 7.05 Å². The Bertz CT molecular complexity index is 624. The van der Waals surface area contributed by atoms with Gasteiger partial charge in [-0.15, -0.1) is 0 Å². The van der Waals surface area contributed by atoms with Crippen molar-refractivity contribution in [3.63, 3.8) is 0 Å². The van der Waals surface area contributed by atoms with Crippen LogP contribution < -0.4 is 16.6 Å². The second kappa shape index (κ2) is 5.02. The van der Waals surface area contributed by atoms with Gasteiger partial charge in [-0.2, -0.15) is 5.10 Å². The Balaban J connectivity index is 2.28. The summed E-state index contributed by atoms with van der Waals surface area (Å²) >= 11 is 0. The molecule has 0 spiro atoms. The van der Waals surface area contributed by atoms with Crippen LogP contribution in [0.15, 0.2) is 18.5 Å². The monoisotopic (exact) mass is 264 g/mol. The van der Waals surface area contributed by atoms with Crippen molar-refractivity contribution in [1.29, 1.82) is 0 Å². The predicted octanol–water partition coefficient (Wildman–Crippen LogP) is 0.801. The first-order chi connectivity index (χ1) is 9.02. The van der Waals surface area contributed by atoms with Gasteiger partial charge in [0.2, 0.25) is 0 Å². The number of hydrogen-bond acceptors (Lipinski definition) is 5. The molecule has 0 radical (unpaired) electrons. The Morgan fingerprint density at radius 3 is 2.84 bits per heavy atom. The molecule has 19 heavy (non-hydrogen) atoms. The van der Waals surface area contributed by atoms with E-state index in [4.69, 9.17) is 5.84 Å². The molecule has 100 valence electrons. The lowest BCUT2D eigenvalue weighted by molar-refractivity contribution is 0.102. The Labute approximate surface area is 108 Å². The number of aromatic nitrogens is 3. The second-order valence-electron chi connectivity index (χ2n) is 3.92. The smallest absolute Gasteiger partial charge is 0.258 e. The number of anilines is 2. The predicted molar refractivity (Wildman–Crippen MR) is 67.9 cm³/mol. The first-order valence-electron chi connectivity index (χ1n) is 5.45. The molecular formula is C11H13FN6O. The molecule has 2 aromatic rings. The molecule has 1 amide bonds. The highest BCUT2D eigenvalue weighted by Gasteiger charge is 2.17. The molecule has 0 fully saturated rings. The van der Waals surface area contributed by atoms with E-state index in [0.717, 1.165) is 0 Å². The topological polar surface area (TPSA) is 97.9 Å². The van der Waals surface area contributed by atoms with Crippen molar-refractivity contribution >= 4 is 17.4 Å². The molecule has 0 aliphatic rings. The van der Waals surface area contributed by atoms with Crippen molar-refractivity contribution < 1.29 is 9.18 Å². The van der Waals surface area contributed by atoms with E-state index in [0.29, 0.717) is 11.4 Å². The maximum Gasteiger partial charge on any atom is 0.258 e. The lowest BCUT2D eigenvalue weighted by atomic mass is 10.2. The summed E-state index contributed by atoms with van der Waals surface area (Å²) in [5.74, 6) is 3.53. The molecule has 0 saturated heterocycles. The minimum absolute atomic E-state index is 0.147. The maximum atomic E-state index is 13.8. The standard InChI is InChI=1S/C11H13FN6O/c1-6-8(5-18(2)17-6)15-11(19)7-3-4-14-10(16-13)9(7)12/h3-5H,13H2,1-2H3,(H,14,16)(H,15,19). The van der Waals surface area contributed by atoms with Crippen LogP contribution in [0.4, 0.5) is 15.9 Å². The van der Waals surface area contributed by atoms with Gasteiger partial charge in [-0.05, 0) is 13.0 Å². The average Bonchev–Trinajstić information content (AvgIpc) is 2.68. The fourth-order valence-corrected chi connectivity index (χ4v) is 1.63. The van der Waals surface area contributed by atoms with Crippen LogP contribution in [0.3, 0.4) is 0 Å². The number of amides is 1. The third-order valence-electron chi connectivity index (χ3n) is 2.53. The van der Waals surface area contributed by atoms with Gasteiger partial charge < -0.3 is 10.7 Å². The Hall–Kier alpha value is -2.48. The van der Waals surface area contributed by atoms with Crippen LogP contribution in [0.5, 0.6) is 0 Å². The van der Waals surface area contributed by atoms with Gasteiger partial charge in [0, 0.05) is 19.4 Å². The SMILES string of the molecule is Cc1nn(C)cc1NC(=O)c1ccnc(NN)c1F. The number of hydrogen-bond donors (Lipinski definition) is 3. The van der Waals surface area contributed by atoms with Crippen LogP contribution in [0.25, 0.3) is 0 Å². The number of nitrogen functional groups attached to an aromatic ring is 1. The molecule has 0 unspecified atom stereocenters. The summed E-state index contributed by atoms with van der Waals surface area (Å²) < 4.78 is 15.4. The van der Waals surface area contributed by atoms with Crippen molar-refractivity contribution in [2.45, 2.75) is 6.92 Å². The summed E-state index contributed by atoms with van der Waals surface area (Å²) in [6.07, 6.45) is 2.93. The number of rotatable bonds is 3. The van der Waals surface area contributed by atoms with Gasteiger partial charge in [-0.3, -0.25) is 9.48 Å². The van der Waals surface area contributed by atoms with Gasteiger partial charge in [-0.1, -0.05) is 0 Å². The van der Waals surface area contributed by atoms with E-state index in [-0.39, 0.29) is 11.4 Å². The zero-order chi connectivity index (χ0) is 14.0. The van der Waals surface area contributed by atoms with Crippen LogP contribution in [0.2, 0.25) is 0 Å². The molecule has 7 nitrogen and oxygen atoms in total. The van der Waals surface area contributed by atoms with E-state index >= 15 is 0 Å². The largest absolute Gasteiger partial charge is 0.319 e. The number of pyridine rings is 1. The van der Waals surface area contributed by atoms with Crippen molar-refractivity contribution in [3.8, 4) is 0 Å². The van der Waals surface area contributed by atoms with E-state index in [9.17, 15) is 9.18 Å². The van der Waals surface area contributed by atoms with Crippen LogP contribution >= 0.6 is 0 Å². The summed E-state index contributed by atoms with van der Waals surface area (Å²) in [7, 11) is 1.73. The van der Waals surface area contributed by atoms with Crippen molar-refractivity contribution in [2.75, 3.05) is 10.7 Å². The second-order valence-corrected chi connectivity index (χ2v) is 3.92. The highest BCUT2D eigenvalue weighted by molar-refractivity contribution is 6.05. The number of hydrazine groups is 1. The molecule has 0 atom stereocenters. The highest BCUT2D eigenvalue weighted by atomic mass is 19.1. The molecule has 4 N–H and O–H groups in total. The van der Waals surface area contributed by atoms with Gasteiger partial charge in [-0.25, -0.2) is 15.2 Å². The molecule has 0 aliphatic carbocycles. The lowest BCUT2D eigenvalue weighted by Gasteiger charge is -2.07. The highest BCUT2D eigenvalue weighted by Crippen LogP contribution is 2.17. The number of nitrogens with zero attached hydrogens (tertiary/aromatic N) is 3. The van der Waals surface area contributed by atoms with Crippen LogP contribution in [0, 0.1) is 12.7 Å². The normalized spacial score (nSPS) is 10.3. The third kappa shape index (κ3) is 2.52. The number of carbonyl (C=O) groups excluding carboxylic acids is 1. The maximum absolute atomic E-state index is 13.8. The first kappa shape index (κ1) is 13.0. The Morgan fingerprint density at radius 2 is 2.26 bits per heavy atom. The fraction of sp³-hybridized carbons (Fsp3) is 0.182. The fourth-order valence-electron chi connectivity index (χ4n) is 1.63. The number of carbonyl (C=O) groups is 1. The Morgan fingerprint density at radius 1 is 1.53 bits per heavy atom. The Kier molecular flexibility index (Phi) is 3.43. The van der Waals surface area contributed by atoms with Gasteiger partial charge >= 0.3 is 0 Å². The first-order valence-corrected chi connectivity index (χ1v) is 5.45. The minimum atomic E-state index is -0.802. The number of aryl methyl sites for hydroxylation is 2. The van der Waals surface area contributed by atoms with Gasteiger partial charge in [0.25, 0.3) is 5.91 Å². The van der Waals surface area contributed by atoms with Crippen molar-refractivity contribution in [2.24, 2.45) is 12.9 Å². The zero-order valence-electron chi connectivity index (χ0n) is 10.4. The van der Waals surface area contributed by atoms with Crippen LogP contribution in [-0.4, -0.2) is 20.7 Å². The molecule has 0 saturated carbocycles. The lowest BCUT2D eigenvalue weighted by Crippen LogP contribution is -2.17. The average molecular weight is 264 g/mol. The number of nitrogens with one attached hydrogen (secondary N) is 2. The van der Waals surface area contributed by atoms with E-state index in [1.807, 2.05) is 0 Å². The summed E-state index contributed by atoms with van der Waals surface area (Å²) in [6, 6.07) is 1.28. The van der Waals surface area contributed by atoms with E-state index < -0.39 is 11.7 Å². The molecule has 2 aromatic heterocycles. The van der Waals surface area contributed by atoms with Gasteiger partial charge in [0.05, 0.1) is 16.9 Å². The van der Waals surface area contributed by atoms with Gasteiger partial charge in [0.15, 0.2) is 11.6 Å². The van der Waals surface area contributed by atoms with Gasteiger partial charge in [0.1, 0.15) is 0 Å².